The highest BCUT2D eigenvalue weighted by atomic mass is 32.1. The molecule has 30 heavy (non-hydrogen) atoms. The molecule has 3 aromatic rings. The SMILES string of the molecule is CNCCC(Oc1cccc(N2CCN(C)c3ncccc3C2=O)c1)c1cccs1. The number of thiophene rings is 1. The smallest absolute Gasteiger partial charge is 0.262 e. The maximum absolute atomic E-state index is 13.3. The summed E-state index contributed by atoms with van der Waals surface area (Å²) in [6.45, 7) is 2.16. The molecule has 0 radical (unpaired) electrons. The molecule has 1 aliphatic rings. The minimum Gasteiger partial charge on any atom is -0.485 e. The van der Waals surface area contributed by atoms with E-state index in [-0.39, 0.29) is 12.0 Å². The summed E-state index contributed by atoms with van der Waals surface area (Å²) < 4.78 is 6.36. The lowest BCUT2D eigenvalue weighted by atomic mass is 10.2. The molecular formula is C23H26N4O2S. The number of nitrogens with zero attached hydrogens (tertiary/aromatic N) is 3. The molecule has 1 N–H and O–H groups in total. The Morgan fingerprint density at radius 3 is 2.90 bits per heavy atom. The molecule has 0 fully saturated rings. The summed E-state index contributed by atoms with van der Waals surface area (Å²) in [7, 11) is 3.91. The normalized spacial score (nSPS) is 14.9. The molecule has 156 valence electrons. The Morgan fingerprint density at radius 2 is 2.10 bits per heavy atom. The van der Waals surface area contributed by atoms with Crippen molar-refractivity contribution in [2.45, 2.75) is 12.5 Å². The van der Waals surface area contributed by atoms with Gasteiger partial charge < -0.3 is 19.9 Å². The van der Waals surface area contributed by atoms with Crippen LogP contribution in [0.3, 0.4) is 0 Å². The summed E-state index contributed by atoms with van der Waals surface area (Å²) in [6.07, 6.45) is 2.57. The van der Waals surface area contributed by atoms with E-state index in [2.05, 4.69) is 21.7 Å². The summed E-state index contributed by atoms with van der Waals surface area (Å²) in [4.78, 5) is 22.7. The Morgan fingerprint density at radius 1 is 1.20 bits per heavy atom. The summed E-state index contributed by atoms with van der Waals surface area (Å²) in [5.41, 5.74) is 1.45. The molecule has 3 heterocycles. The number of aromatic nitrogens is 1. The maximum Gasteiger partial charge on any atom is 0.262 e. The van der Waals surface area contributed by atoms with Gasteiger partial charge in [-0.25, -0.2) is 4.98 Å². The largest absolute Gasteiger partial charge is 0.485 e. The van der Waals surface area contributed by atoms with Gasteiger partial charge in [0.2, 0.25) is 0 Å². The van der Waals surface area contributed by atoms with Crippen LogP contribution in [0.2, 0.25) is 0 Å². The van der Waals surface area contributed by atoms with E-state index >= 15 is 0 Å². The molecule has 2 aromatic heterocycles. The van der Waals surface area contributed by atoms with Gasteiger partial charge in [0.25, 0.3) is 5.91 Å². The minimum absolute atomic E-state index is 0.0244. The highest BCUT2D eigenvalue weighted by Gasteiger charge is 2.27. The molecule has 0 bridgehead atoms. The van der Waals surface area contributed by atoms with Crippen LogP contribution in [0.5, 0.6) is 5.75 Å². The van der Waals surface area contributed by atoms with Crippen molar-refractivity contribution in [2.24, 2.45) is 0 Å². The molecular weight excluding hydrogens is 396 g/mol. The topological polar surface area (TPSA) is 57.7 Å². The number of ether oxygens (including phenoxy) is 1. The van der Waals surface area contributed by atoms with E-state index in [0.717, 1.165) is 30.2 Å². The van der Waals surface area contributed by atoms with E-state index in [4.69, 9.17) is 4.74 Å². The molecule has 0 saturated carbocycles. The average molecular weight is 423 g/mol. The van der Waals surface area contributed by atoms with Gasteiger partial charge in [-0.1, -0.05) is 12.1 Å². The zero-order valence-corrected chi connectivity index (χ0v) is 18.1. The van der Waals surface area contributed by atoms with Crippen molar-refractivity contribution in [3.63, 3.8) is 0 Å². The Kier molecular flexibility index (Phi) is 6.30. The third-order valence-corrected chi connectivity index (χ3v) is 6.17. The zero-order chi connectivity index (χ0) is 20.9. The van der Waals surface area contributed by atoms with E-state index in [1.165, 1.54) is 4.88 Å². The number of rotatable bonds is 7. The maximum atomic E-state index is 13.3. The highest BCUT2D eigenvalue weighted by Crippen LogP contribution is 2.31. The van der Waals surface area contributed by atoms with Crippen LogP contribution in [-0.4, -0.2) is 44.6 Å². The van der Waals surface area contributed by atoms with E-state index < -0.39 is 0 Å². The first-order valence-corrected chi connectivity index (χ1v) is 11.0. The summed E-state index contributed by atoms with van der Waals surface area (Å²) in [5, 5.41) is 5.27. The van der Waals surface area contributed by atoms with Crippen molar-refractivity contribution in [3.05, 3.63) is 70.5 Å². The first kappa shape index (κ1) is 20.4. The van der Waals surface area contributed by atoms with Gasteiger partial charge in [-0.05, 0) is 49.3 Å². The molecule has 6 nitrogen and oxygen atoms in total. The van der Waals surface area contributed by atoms with Crippen LogP contribution in [0, 0.1) is 0 Å². The number of hydrogen-bond acceptors (Lipinski definition) is 6. The molecule has 1 unspecified atom stereocenters. The number of fused-ring (bicyclic) bond motifs is 1. The van der Waals surface area contributed by atoms with Crippen molar-refractivity contribution in [2.75, 3.05) is 43.5 Å². The van der Waals surface area contributed by atoms with Crippen molar-refractivity contribution in [1.29, 1.82) is 0 Å². The molecule has 1 aliphatic heterocycles. The quantitative estimate of drug-likeness (QED) is 0.624. The first-order chi connectivity index (χ1) is 14.7. The molecule has 0 spiro atoms. The fraction of sp³-hybridized carbons (Fsp3) is 0.304. The van der Waals surface area contributed by atoms with Crippen LogP contribution in [0.4, 0.5) is 11.5 Å². The summed E-state index contributed by atoms with van der Waals surface area (Å²) in [6, 6.07) is 15.6. The monoisotopic (exact) mass is 422 g/mol. The fourth-order valence-electron chi connectivity index (χ4n) is 3.62. The van der Waals surface area contributed by atoms with Crippen LogP contribution < -0.4 is 19.9 Å². The van der Waals surface area contributed by atoms with E-state index in [0.29, 0.717) is 18.7 Å². The van der Waals surface area contributed by atoms with Crippen LogP contribution in [0.15, 0.2) is 60.1 Å². The molecule has 4 rings (SSSR count). The second-order valence-electron chi connectivity index (χ2n) is 7.26. The van der Waals surface area contributed by atoms with Gasteiger partial charge in [-0.2, -0.15) is 0 Å². The second-order valence-corrected chi connectivity index (χ2v) is 8.24. The van der Waals surface area contributed by atoms with Crippen molar-refractivity contribution in [1.82, 2.24) is 10.3 Å². The third kappa shape index (κ3) is 4.32. The highest BCUT2D eigenvalue weighted by molar-refractivity contribution is 7.10. The number of nitrogens with one attached hydrogen (secondary N) is 1. The number of carbonyl (C=O) groups is 1. The zero-order valence-electron chi connectivity index (χ0n) is 17.2. The van der Waals surface area contributed by atoms with Gasteiger partial charge in [-0.15, -0.1) is 11.3 Å². The summed E-state index contributed by atoms with van der Waals surface area (Å²) >= 11 is 1.70. The van der Waals surface area contributed by atoms with Crippen LogP contribution >= 0.6 is 11.3 Å². The number of pyridine rings is 1. The van der Waals surface area contributed by atoms with Crippen molar-refractivity contribution in [3.8, 4) is 5.75 Å². The Labute approximate surface area is 181 Å². The van der Waals surface area contributed by atoms with Gasteiger partial charge >= 0.3 is 0 Å². The molecule has 1 amide bonds. The first-order valence-electron chi connectivity index (χ1n) is 10.1. The fourth-order valence-corrected chi connectivity index (χ4v) is 4.40. The van der Waals surface area contributed by atoms with Crippen LogP contribution in [0.25, 0.3) is 0 Å². The number of anilines is 2. The molecule has 1 atom stereocenters. The second kappa shape index (κ2) is 9.28. The minimum atomic E-state index is -0.0374. The van der Waals surface area contributed by atoms with Crippen molar-refractivity contribution >= 4 is 28.7 Å². The van der Waals surface area contributed by atoms with Crippen molar-refractivity contribution < 1.29 is 9.53 Å². The molecule has 0 saturated heterocycles. The third-order valence-electron chi connectivity index (χ3n) is 5.21. The average Bonchev–Trinajstić information content (AvgIpc) is 3.27. The Hall–Kier alpha value is -2.90. The number of carbonyl (C=O) groups excluding carboxylic acids is 1. The Balaban J connectivity index is 1.59. The molecule has 0 aliphatic carbocycles. The lowest BCUT2D eigenvalue weighted by molar-refractivity contribution is 0.0990. The van der Waals surface area contributed by atoms with Gasteiger partial charge in [0.05, 0.1) is 5.56 Å². The van der Waals surface area contributed by atoms with Crippen LogP contribution in [0.1, 0.15) is 27.8 Å². The summed E-state index contributed by atoms with van der Waals surface area (Å²) in [5.74, 6) is 1.45. The van der Waals surface area contributed by atoms with Gasteiger partial charge in [0.1, 0.15) is 17.7 Å². The standard InChI is InChI=1S/C23H26N4O2S/c1-24-12-10-20(21-9-5-15-30-21)29-18-7-3-6-17(16-18)27-14-13-26(2)22-19(23(27)28)8-4-11-25-22/h3-9,11,15-16,20,24H,10,12-14H2,1-2H3. The van der Waals surface area contributed by atoms with E-state index in [1.807, 2.05) is 60.3 Å². The molecule has 1 aromatic carbocycles. The Bertz CT molecular complexity index is 992. The number of hydrogen-bond donors (Lipinski definition) is 1. The lowest BCUT2D eigenvalue weighted by Gasteiger charge is -2.23. The predicted octanol–water partition coefficient (Wildman–Crippen LogP) is 3.97. The van der Waals surface area contributed by atoms with Gasteiger partial charge in [-0.3, -0.25) is 4.79 Å². The van der Waals surface area contributed by atoms with Gasteiger partial charge in [0.15, 0.2) is 0 Å². The predicted molar refractivity (Wildman–Crippen MR) is 122 cm³/mol. The van der Waals surface area contributed by atoms with E-state index in [9.17, 15) is 4.79 Å². The number of likely N-dealkylation sites (N-methyl/N-ethyl adjacent to an activating group) is 1. The van der Waals surface area contributed by atoms with Gasteiger partial charge in [0, 0.05) is 49.4 Å². The van der Waals surface area contributed by atoms with Crippen LogP contribution in [-0.2, 0) is 0 Å². The molecule has 7 heteroatoms. The number of benzene rings is 1. The number of amides is 1. The lowest BCUT2D eigenvalue weighted by Crippen LogP contribution is -2.33. The van der Waals surface area contributed by atoms with E-state index in [1.54, 1.807) is 23.6 Å².